The highest BCUT2D eigenvalue weighted by Crippen LogP contribution is 2.48. The first-order chi connectivity index (χ1) is 7.81. The molecule has 0 aromatic carbocycles. The van der Waals surface area contributed by atoms with Gasteiger partial charge in [0.1, 0.15) is 0 Å². The number of anilines is 1. The molecular weight excluding hydrogens is 222 g/mol. The summed E-state index contributed by atoms with van der Waals surface area (Å²) in [7, 11) is 0. The zero-order valence-electron chi connectivity index (χ0n) is 9.19. The lowest BCUT2D eigenvalue weighted by Gasteiger charge is -2.22. The van der Waals surface area contributed by atoms with E-state index in [-0.39, 0.29) is 0 Å². The second-order valence-electron chi connectivity index (χ2n) is 5.08. The van der Waals surface area contributed by atoms with Crippen LogP contribution in [0, 0.1) is 17.8 Å². The average molecular weight is 238 g/mol. The molecule has 2 aliphatic rings. The molecule has 3 atom stereocenters. The van der Waals surface area contributed by atoms with E-state index in [1.54, 1.807) is 6.20 Å². The molecule has 1 aromatic heterocycles. The van der Waals surface area contributed by atoms with Crippen LogP contribution in [0.4, 0.5) is 5.69 Å². The molecule has 3 nitrogen and oxygen atoms in total. The summed E-state index contributed by atoms with van der Waals surface area (Å²) in [5.41, 5.74) is 0.989. The van der Waals surface area contributed by atoms with Crippen molar-refractivity contribution in [1.29, 1.82) is 0 Å². The van der Waals surface area contributed by atoms with Gasteiger partial charge >= 0.3 is 0 Å². The molecular formula is C12H16ClN3. The van der Waals surface area contributed by atoms with E-state index < -0.39 is 0 Å². The minimum absolute atomic E-state index is 0.456. The first-order valence-electron chi connectivity index (χ1n) is 6.03. The van der Waals surface area contributed by atoms with Gasteiger partial charge in [-0.15, -0.1) is 5.10 Å². The van der Waals surface area contributed by atoms with Crippen molar-refractivity contribution in [2.24, 2.45) is 17.8 Å². The van der Waals surface area contributed by atoms with Crippen molar-refractivity contribution in [3.05, 3.63) is 17.4 Å². The molecule has 4 heteroatoms. The lowest BCUT2D eigenvalue weighted by molar-refractivity contribution is 0.348. The summed E-state index contributed by atoms with van der Waals surface area (Å²) in [6.45, 7) is 1.06. The molecule has 2 bridgehead atoms. The van der Waals surface area contributed by atoms with Gasteiger partial charge in [-0.3, -0.25) is 0 Å². The monoisotopic (exact) mass is 237 g/mol. The summed E-state index contributed by atoms with van der Waals surface area (Å²) in [6, 6.07) is 1.84. The van der Waals surface area contributed by atoms with Crippen LogP contribution < -0.4 is 5.32 Å². The second-order valence-corrected chi connectivity index (χ2v) is 5.47. The lowest BCUT2D eigenvalue weighted by atomic mass is 9.89. The standard InChI is InChI=1S/C12H16ClN3/c13-12-5-11(7-15-16-12)14-6-10-4-8-1-2-9(10)3-8/h5,7-10H,1-4,6H2,(H,14,16). The zero-order valence-corrected chi connectivity index (χ0v) is 9.95. The van der Waals surface area contributed by atoms with Crippen molar-refractivity contribution in [3.63, 3.8) is 0 Å². The predicted molar refractivity (Wildman–Crippen MR) is 64.5 cm³/mol. The number of rotatable bonds is 3. The van der Waals surface area contributed by atoms with Gasteiger partial charge < -0.3 is 5.32 Å². The Hall–Kier alpha value is -0.830. The van der Waals surface area contributed by atoms with E-state index in [1.165, 1.54) is 25.7 Å². The largest absolute Gasteiger partial charge is 0.383 e. The molecule has 2 saturated carbocycles. The number of hydrogen-bond acceptors (Lipinski definition) is 3. The van der Waals surface area contributed by atoms with E-state index in [1.807, 2.05) is 6.07 Å². The van der Waals surface area contributed by atoms with Gasteiger partial charge in [-0.05, 0) is 37.0 Å². The summed E-state index contributed by atoms with van der Waals surface area (Å²) in [5, 5.41) is 11.4. The minimum Gasteiger partial charge on any atom is -0.383 e. The van der Waals surface area contributed by atoms with E-state index in [4.69, 9.17) is 11.6 Å². The lowest BCUT2D eigenvalue weighted by Crippen LogP contribution is -2.20. The Morgan fingerprint density at radius 3 is 3.00 bits per heavy atom. The van der Waals surface area contributed by atoms with Crippen LogP contribution in [0.3, 0.4) is 0 Å². The topological polar surface area (TPSA) is 37.8 Å². The summed E-state index contributed by atoms with van der Waals surface area (Å²) in [4.78, 5) is 0. The fourth-order valence-corrected chi connectivity index (χ4v) is 3.47. The van der Waals surface area contributed by atoms with Crippen molar-refractivity contribution in [3.8, 4) is 0 Å². The fourth-order valence-electron chi connectivity index (χ4n) is 3.31. The van der Waals surface area contributed by atoms with Gasteiger partial charge in [0.05, 0.1) is 11.9 Å². The molecule has 0 aliphatic heterocycles. The Morgan fingerprint density at radius 2 is 2.31 bits per heavy atom. The molecule has 1 N–H and O–H groups in total. The van der Waals surface area contributed by atoms with Crippen LogP contribution in [0.2, 0.25) is 5.15 Å². The third-order valence-corrected chi connectivity index (χ3v) is 4.26. The fraction of sp³-hybridized carbons (Fsp3) is 0.667. The molecule has 2 aliphatic carbocycles. The highest BCUT2D eigenvalue weighted by atomic mass is 35.5. The van der Waals surface area contributed by atoms with Crippen LogP contribution in [-0.4, -0.2) is 16.7 Å². The van der Waals surface area contributed by atoms with Gasteiger partial charge in [-0.2, -0.15) is 5.10 Å². The number of nitrogens with zero attached hydrogens (tertiary/aromatic N) is 2. The number of hydrogen-bond donors (Lipinski definition) is 1. The van der Waals surface area contributed by atoms with Gasteiger partial charge in [-0.25, -0.2) is 0 Å². The molecule has 2 fully saturated rings. The maximum absolute atomic E-state index is 5.79. The van der Waals surface area contributed by atoms with E-state index in [2.05, 4.69) is 15.5 Å². The number of aromatic nitrogens is 2. The zero-order chi connectivity index (χ0) is 11.0. The molecule has 3 unspecified atom stereocenters. The molecule has 1 aromatic rings. The minimum atomic E-state index is 0.456. The Labute approximate surface area is 101 Å². The van der Waals surface area contributed by atoms with Gasteiger partial charge in [0.2, 0.25) is 0 Å². The summed E-state index contributed by atoms with van der Waals surface area (Å²) >= 11 is 5.79. The molecule has 0 spiro atoms. The van der Waals surface area contributed by atoms with Crippen molar-refractivity contribution in [2.45, 2.75) is 25.7 Å². The highest BCUT2D eigenvalue weighted by Gasteiger charge is 2.38. The average Bonchev–Trinajstić information content (AvgIpc) is 2.88. The van der Waals surface area contributed by atoms with Crippen LogP contribution in [0.25, 0.3) is 0 Å². The quantitative estimate of drug-likeness (QED) is 0.878. The normalized spacial score (nSPS) is 31.9. The van der Waals surface area contributed by atoms with Gasteiger partial charge in [-0.1, -0.05) is 18.0 Å². The molecule has 0 radical (unpaired) electrons. The first-order valence-corrected chi connectivity index (χ1v) is 6.41. The first kappa shape index (κ1) is 10.3. The molecule has 3 rings (SSSR count). The smallest absolute Gasteiger partial charge is 0.153 e. The Kier molecular flexibility index (Phi) is 2.72. The third-order valence-electron chi connectivity index (χ3n) is 4.08. The van der Waals surface area contributed by atoms with E-state index in [9.17, 15) is 0 Å². The molecule has 0 amide bonds. The van der Waals surface area contributed by atoms with Crippen LogP contribution in [0.15, 0.2) is 12.3 Å². The van der Waals surface area contributed by atoms with Crippen molar-refractivity contribution >= 4 is 17.3 Å². The van der Waals surface area contributed by atoms with E-state index in [0.29, 0.717) is 5.15 Å². The van der Waals surface area contributed by atoms with Crippen molar-refractivity contribution < 1.29 is 0 Å². The molecule has 86 valence electrons. The molecule has 1 heterocycles. The summed E-state index contributed by atoms with van der Waals surface area (Å²) in [6.07, 6.45) is 7.50. The van der Waals surface area contributed by atoms with E-state index in [0.717, 1.165) is 30.0 Å². The third kappa shape index (κ3) is 2.01. The summed E-state index contributed by atoms with van der Waals surface area (Å²) < 4.78 is 0. The van der Waals surface area contributed by atoms with E-state index >= 15 is 0 Å². The van der Waals surface area contributed by atoms with Gasteiger partial charge in [0.15, 0.2) is 5.15 Å². The van der Waals surface area contributed by atoms with Crippen LogP contribution >= 0.6 is 11.6 Å². The SMILES string of the molecule is Clc1cc(NCC2CC3CCC2C3)cnn1. The van der Waals surface area contributed by atoms with Crippen LogP contribution in [0.1, 0.15) is 25.7 Å². The highest BCUT2D eigenvalue weighted by molar-refractivity contribution is 6.29. The van der Waals surface area contributed by atoms with Gasteiger partial charge in [0.25, 0.3) is 0 Å². The maximum atomic E-state index is 5.79. The van der Waals surface area contributed by atoms with Crippen LogP contribution in [0.5, 0.6) is 0 Å². The number of fused-ring (bicyclic) bond motifs is 2. The Bertz CT molecular complexity index is 382. The van der Waals surface area contributed by atoms with Crippen LogP contribution in [-0.2, 0) is 0 Å². The summed E-state index contributed by atoms with van der Waals surface area (Å²) in [5.74, 6) is 2.82. The number of halogens is 1. The predicted octanol–water partition coefficient (Wildman–Crippen LogP) is 2.98. The molecule has 16 heavy (non-hydrogen) atoms. The second kappa shape index (κ2) is 4.21. The van der Waals surface area contributed by atoms with Crippen molar-refractivity contribution in [1.82, 2.24) is 10.2 Å². The van der Waals surface area contributed by atoms with Crippen molar-refractivity contribution in [2.75, 3.05) is 11.9 Å². The number of nitrogens with one attached hydrogen (secondary N) is 1. The van der Waals surface area contributed by atoms with Gasteiger partial charge in [0, 0.05) is 12.6 Å². The Morgan fingerprint density at radius 1 is 1.38 bits per heavy atom. The maximum Gasteiger partial charge on any atom is 0.153 e. The molecule has 0 saturated heterocycles. The Balaban J connectivity index is 1.57.